The largest absolute Gasteiger partial charge is 0.497 e. The predicted molar refractivity (Wildman–Crippen MR) is 112 cm³/mol. The molecule has 2 rings (SSSR count). The molecule has 0 radical (unpaired) electrons. The predicted octanol–water partition coefficient (Wildman–Crippen LogP) is 2.96. The van der Waals surface area contributed by atoms with Crippen LogP contribution in [0.2, 0.25) is 5.02 Å². The maximum absolute atomic E-state index is 12.3. The van der Waals surface area contributed by atoms with E-state index in [-0.39, 0.29) is 0 Å². The Bertz CT molecular complexity index is 989. The number of amides is 1. The summed E-state index contributed by atoms with van der Waals surface area (Å²) in [5, 5.41) is 4.46. The number of anilines is 1. The number of methoxy groups -OCH3 is 1. The van der Waals surface area contributed by atoms with Gasteiger partial charge in [-0.2, -0.15) is 5.10 Å². The molecule has 1 amide bonds. The van der Waals surface area contributed by atoms with E-state index in [1.165, 1.54) is 6.07 Å². The molecule has 7 nitrogen and oxygen atoms in total. The van der Waals surface area contributed by atoms with Gasteiger partial charge in [0.25, 0.3) is 5.91 Å². The van der Waals surface area contributed by atoms with E-state index in [2.05, 4.69) is 10.5 Å². The number of halogens is 1. The van der Waals surface area contributed by atoms with Gasteiger partial charge in [-0.05, 0) is 61.4 Å². The van der Waals surface area contributed by atoms with E-state index >= 15 is 0 Å². The van der Waals surface area contributed by atoms with Crippen molar-refractivity contribution in [2.75, 3.05) is 24.2 Å². The number of aryl methyl sites for hydroxylation is 1. The molecule has 0 bridgehead atoms. The second kappa shape index (κ2) is 9.07. The van der Waals surface area contributed by atoms with Crippen LogP contribution in [0.25, 0.3) is 0 Å². The summed E-state index contributed by atoms with van der Waals surface area (Å²) in [6.07, 6.45) is 1.03. The van der Waals surface area contributed by atoms with E-state index in [0.29, 0.717) is 22.2 Å². The van der Waals surface area contributed by atoms with Crippen LogP contribution in [0.5, 0.6) is 5.75 Å². The first-order valence-electron chi connectivity index (χ1n) is 8.33. The number of hydrazone groups is 1. The molecular weight excluding hydrogens is 402 g/mol. The van der Waals surface area contributed by atoms with Crippen molar-refractivity contribution >= 4 is 38.9 Å². The summed E-state index contributed by atoms with van der Waals surface area (Å²) < 4.78 is 30.4. The lowest BCUT2D eigenvalue weighted by molar-refractivity contribution is -0.119. The molecule has 0 spiro atoms. The van der Waals surface area contributed by atoms with E-state index in [0.717, 1.165) is 21.7 Å². The van der Waals surface area contributed by atoms with Crippen LogP contribution in [0.4, 0.5) is 5.69 Å². The zero-order valence-corrected chi connectivity index (χ0v) is 17.6. The first-order valence-corrected chi connectivity index (χ1v) is 10.6. The van der Waals surface area contributed by atoms with E-state index in [4.69, 9.17) is 16.3 Å². The van der Waals surface area contributed by atoms with Gasteiger partial charge in [-0.15, -0.1) is 0 Å². The van der Waals surface area contributed by atoms with Crippen LogP contribution in [0, 0.1) is 6.92 Å². The molecule has 1 N–H and O–H groups in total. The molecule has 0 aliphatic carbocycles. The Hall–Kier alpha value is -2.58. The van der Waals surface area contributed by atoms with Crippen molar-refractivity contribution in [1.82, 2.24) is 5.43 Å². The topological polar surface area (TPSA) is 88.1 Å². The summed E-state index contributed by atoms with van der Waals surface area (Å²) in [4.78, 5) is 12.3. The lowest BCUT2D eigenvalue weighted by Crippen LogP contribution is -2.39. The second-order valence-electron chi connectivity index (χ2n) is 6.16. The van der Waals surface area contributed by atoms with Crippen molar-refractivity contribution in [2.24, 2.45) is 5.10 Å². The number of carbonyl (C=O) groups excluding carboxylic acids is 1. The van der Waals surface area contributed by atoms with Gasteiger partial charge < -0.3 is 4.74 Å². The average Bonchev–Trinajstić information content (AvgIpc) is 2.65. The van der Waals surface area contributed by atoms with Crippen molar-refractivity contribution in [1.29, 1.82) is 0 Å². The molecule has 2 aromatic rings. The van der Waals surface area contributed by atoms with Crippen LogP contribution in [0.3, 0.4) is 0 Å². The van der Waals surface area contributed by atoms with Crippen molar-refractivity contribution in [3.63, 3.8) is 0 Å². The molecule has 0 heterocycles. The van der Waals surface area contributed by atoms with Crippen LogP contribution in [-0.2, 0) is 14.8 Å². The number of ether oxygens (including phenoxy) is 1. The standard InChI is InChI=1S/C19H22ClN3O4S/c1-13-5-8-16(11-18(13)20)23(28(4,25)26)12-19(24)22-21-14(2)15-6-9-17(27-3)10-7-15/h5-11H,12H2,1-4H3,(H,22,24)/b21-14-. The minimum absolute atomic E-state index is 0.309. The molecule has 0 aliphatic rings. The summed E-state index contributed by atoms with van der Waals surface area (Å²) in [6, 6.07) is 12.0. The number of hydrogen-bond acceptors (Lipinski definition) is 5. The van der Waals surface area contributed by atoms with Crippen molar-refractivity contribution in [3.05, 3.63) is 58.6 Å². The summed E-state index contributed by atoms with van der Waals surface area (Å²) >= 11 is 6.08. The van der Waals surface area contributed by atoms with Crippen LogP contribution >= 0.6 is 11.6 Å². The van der Waals surface area contributed by atoms with Crippen molar-refractivity contribution in [2.45, 2.75) is 13.8 Å². The van der Waals surface area contributed by atoms with E-state index in [9.17, 15) is 13.2 Å². The molecule has 0 unspecified atom stereocenters. The van der Waals surface area contributed by atoms with Gasteiger partial charge in [0, 0.05) is 5.02 Å². The number of benzene rings is 2. The fourth-order valence-electron chi connectivity index (χ4n) is 2.35. The van der Waals surface area contributed by atoms with Crippen LogP contribution in [-0.4, -0.2) is 39.9 Å². The third-order valence-corrected chi connectivity index (χ3v) is 5.53. The Balaban J connectivity index is 2.14. The first-order chi connectivity index (χ1) is 13.1. The number of rotatable bonds is 7. The maximum atomic E-state index is 12.3. The number of hydrogen-bond donors (Lipinski definition) is 1. The van der Waals surface area contributed by atoms with Gasteiger partial charge in [0.05, 0.1) is 24.8 Å². The minimum atomic E-state index is -3.69. The molecule has 0 atom stereocenters. The van der Waals surface area contributed by atoms with Crippen LogP contribution < -0.4 is 14.5 Å². The zero-order chi connectivity index (χ0) is 20.9. The van der Waals surface area contributed by atoms with Gasteiger partial charge in [0.1, 0.15) is 12.3 Å². The quantitative estimate of drug-likeness (QED) is 0.547. The molecule has 2 aromatic carbocycles. The maximum Gasteiger partial charge on any atom is 0.260 e. The molecule has 0 saturated heterocycles. The Labute approximate surface area is 170 Å². The monoisotopic (exact) mass is 423 g/mol. The Morgan fingerprint density at radius 2 is 1.86 bits per heavy atom. The summed E-state index contributed by atoms with van der Waals surface area (Å²) in [5.41, 5.74) is 4.87. The van der Waals surface area contributed by atoms with E-state index in [1.54, 1.807) is 57.4 Å². The van der Waals surface area contributed by atoms with Gasteiger partial charge in [0.15, 0.2) is 0 Å². The smallest absolute Gasteiger partial charge is 0.260 e. The van der Waals surface area contributed by atoms with Crippen molar-refractivity contribution < 1.29 is 17.9 Å². The van der Waals surface area contributed by atoms with Gasteiger partial charge in [-0.1, -0.05) is 17.7 Å². The highest BCUT2D eigenvalue weighted by molar-refractivity contribution is 7.92. The normalized spacial score (nSPS) is 11.8. The van der Waals surface area contributed by atoms with Gasteiger partial charge >= 0.3 is 0 Å². The van der Waals surface area contributed by atoms with Gasteiger partial charge in [-0.25, -0.2) is 13.8 Å². The van der Waals surface area contributed by atoms with E-state index < -0.39 is 22.5 Å². The SMILES string of the molecule is COc1ccc(/C(C)=N\NC(=O)CN(c2ccc(C)c(Cl)c2)S(C)(=O)=O)cc1. The summed E-state index contributed by atoms with van der Waals surface area (Å²) in [5.74, 6) is 0.135. The van der Waals surface area contributed by atoms with Crippen LogP contribution in [0.1, 0.15) is 18.1 Å². The molecule has 0 aromatic heterocycles. The molecule has 9 heteroatoms. The zero-order valence-electron chi connectivity index (χ0n) is 16.1. The Kier molecular flexibility index (Phi) is 7.04. The molecule has 0 fully saturated rings. The summed E-state index contributed by atoms with van der Waals surface area (Å²) in [6.45, 7) is 3.12. The molecule has 0 aliphatic heterocycles. The minimum Gasteiger partial charge on any atom is -0.497 e. The number of nitrogens with one attached hydrogen (secondary N) is 1. The highest BCUT2D eigenvalue weighted by Gasteiger charge is 2.21. The molecule has 150 valence electrons. The molecule has 28 heavy (non-hydrogen) atoms. The second-order valence-corrected chi connectivity index (χ2v) is 8.48. The fourth-order valence-corrected chi connectivity index (χ4v) is 3.37. The lowest BCUT2D eigenvalue weighted by Gasteiger charge is -2.22. The van der Waals surface area contributed by atoms with Crippen molar-refractivity contribution in [3.8, 4) is 5.75 Å². The molecule has 0 saturated carbocycles. The van der Waals surface area contributed by atoms with Gasteiger partial charge in [0.2, 0.25) is 10.0 Å². The third-order valence-electron chi connectivity index (χ3n) is 3.99. The number of carbonyl (C=O) groups is 1. The number of sulfonamides is 1. The lowest BCUT2D eigenvalue weighted by atomic mass is 10.1. The fraction of sp³-hybridized carbons (Fsp3) is 0.263. The first kappa shape index (κ1) is 21.7. The van der Waals surface area contributed by atoms with Gasteiger partial charge in [-0.3, -0.25) is 9.10 Å². The summed E-state index contributed by atoms with van der Waals surface area (Å²) in [7, 11) is -2.12. The highest BCUT2D eigenvalue weighted by Crippen LogP contribution is 2.24. The van der Waals surface area contributed by atoms with E-state index in [1.807, 2.05) is 0 Å². The third kappa shape index (κ3) is 5.71. The average molecular weight is 424 g/mol. The Morgan fingerprint density at radius 3 is 2.39 bits per heavy atom. The Morgan fingerprint density at radius 1 is 1.21 bits per heavy atom. The molecular formula is C19H22ClN3O4S. The van der Waals surface area contributed by atoms with Crippen LogP contribution in [0.15, 0.2) is 47.6 Å². The highest BCUT2D eigenvalue weighted by atomic mass is 35.5. The number of nitrogens with zero attached hydrogens (tertiary/aromatic N) is 2.